The van der Waals surface area contributed by atoms with E-state index in [1.165, 1.54) is 0 Å². The Labute approximate surface area is 120 Å². The van der Waals surface area contributed by atoms with Gasteiger partial charge in [0.25, 0.3) is 0 Å². The van der Waals surface area contributed by atoms with Gasteiger partial charge in [-0.3, -0.25) is 4.79 Å². The van der Waals surface area contributed by atoms with Gasteiger partial charge >= 0.3 is 6.03 Å². The largest absolute Gasteiger partial charge is 0.352 e. The molecule has 0 bridgehead atoms. The van der Waals surface area contributed by atoms with E-state index in [0.717, 1.165) is 45.3 Å². The molecule has 0 radical (unpaired) electrons. The van der Waals surface area contributed by atoms with Gasteiger partial charge in [-0.25, -0.2) is 4.79 Å². The molecule has 6 heteroatoms. The molecule has 4 N–H and O–H groups in total. The maximum absolute atomic E-state index is 12.6. The molecule has 0 aromatic rings. The lowest BCUT2D eigenvalue weighted by Gasteiger charge is -2.38. The Bertz CT molecular complexity index is 361. The van der Waals surface area contributed by atoms with Crippen molar-refractivity contribution >= 4 is 11.9 Å². The molecule has 0 aromatic heterocycles. The lowest BCUT2D eigenvalue weighted by atomic mass is 9.90. The van der Waals surface area contributed by atoms with Crippen LogP contribution in [0, 0.1) is 11.8 Å². The predicted molar refractivity (Wildman–Crippen MR) is 77.1 cm³/mol. The van der Waals surface area contributed by atoms with E-state index in [1.807, 2.05) is 4.90 Å². The van der Waals surface area contributed by atoms with Crippen molar-refractivity contribution in [3.63, 3.8) is 0 Å². The number of hydrogen-bond acceptors (Lipinski definition) is 3. The monoisotopic (exact) mass is 282 g/mol. The van der Waals surface area contributed by atoms with Crippen LogP contribution < -0.4 is 16.4 Å². The summed E-state index contributed by atoms with van der Waals surface area (Å²) in [5.74, 6) is 0.945. The van der Waals surface area contributed by atoms with Crippen LogP contribution in [0.5, 0.6) is 0 Å². The Morgan fingerprint density at radius 2 is 2.15 bits per heavy atom. The average Bonchev–Trinajstić information content (AvgIpc) is 2.45. The van der Waals surface area contributed by atoms with Crippen LogP contribution in [-0.2, 0) is 4.79 Å². The molecule has 0 aromatic carbocycles. The Morgan fingerprint density at radius 3 is 2.85 bits per heavy atom. The van der Waals surface area contributed by atoms with Gasteiger partial charge < -0.3 is 21.3 Å². The number of likely N-dealkylation sites (tertiary alicyclic amines) is 1. The van der Waals surface area contributed by atoms with Crippen molar-refractivity contribution in [2.45, 2.75) is 38.6 Å². The summed E-state index contributed by atoms with van der Waals surface area (Å²) in [6.07, 6.45) is 4.30. The molecule has 0 aliphatic carbocycles. The molecule has 2 heterocycles. The Kier molecular flexibility index (Phi) is 5.23. The normalized spacial score (nSPS) is 30.9. The Hall–Kier alpha value is -1.30. The summed E-state index contributed by atoms with van der Waals surface area (Å²) in [7, 11) is 0. The predicted octanol–water partition coefficient (Wildman–Crippen LogP) is 0.281. The minimum atomic E-state index is -0.490. The van der Waals surface area contributed by atoms with Crippen molar-refractivity contribution in [1.29, 1.82) is 0 Å². The molecule has 2 aliphatic rings. The van der Waals surface area contributed by atoms with Crippen molar-refractivity contribution in [1.82, 2.24) is 15.5 Å². The van der Waals surface area contributed by atoms with Crippen LogP contribution in [-0.4, -0.2) is 49.1 Å². The highest BCUT2D eigenvalue weighted by Gasteiger charge is 2.33. The third-order valence-electron chi connectivity index (χ3n) is 4.43. The molecule has 3 atom stereocenters. The van der Waals surface area contributed by atoms with Gasteiger partial charge in [0.05, 0.1) is 6.04 Å². The first kappa shape index (κ1) is 15.1. The molecule has 6 nitrogen and oxygen atoms in total. The number of hydrogen-bond donors (Lipinski definition) is 3. The van der Waals surface area contributed by atoms with Gasteiger partial charge in [-0.1, -0.05) is 6.92 Å². The number of urea groups is 1. The van der Waals surface area contributed by atoms with Gasteiger partial charge in [0.2, 0.25) is 5.91 Å². The van der Waals surface area contributed by atoms with Crippen molar-refractivity contribution in [3.8, 4) is 0 Å². The number of rotatable bonds is 3. The molecule has 20 heavy (non-hydrogen) atoms. The van der Waals surface area contributed by atoms with E-state index in [9.17, 15) is 9.59 Å². The zero-order valence-electron chi connectivity index (χ0n) is 12.2. The molecule has 0 spiro atoms. The molecule has 0 saturated carbocycles. The van der Waals surface area contributed by atoms with Crippen LogP contribution in [0.1, 0.15) is 32.6 Å². The smallest absolute Gasteiger partial charge is 0.312 e. The topological polar surface area (TPSA) is 87.5 Å². The minimum Gasteiger partial charge on any atom is -0.352 e. The molecular weight excluding hydrogens is 256 g/mol. The van der Waals surface area contributed by atoms with Crippen LogP contribution in [0.2, 0.25) is 0 Å². The van der Waals surface area contributed by atoms with Gasteiger partial charge in [0.1, 0.15) is 0 Å². The Balaban J connectivity index is 1.87. The van der Waals surface area contributed by atoms with Crippen LogP contribution in [0.25, 0.3) is 0 Å². The van der Waals surface area contributed by atoms with Crippen LogP contribution in [0.15, 0.2) is 0 Å². The van der Waals surface area contributed by atoms with Crippen molar-refractivity contribution in [3.05, 3.63) is 0 Å². The minimum absolute atomic E-state index is 0.0356. The lowest BCUT2D eigenvalue weighted by molar-refractivity contribution is -0.137. The highest BCUT2D eigenvalue weighted by molar-refractivity contribution is 5.82. The summed E-state index contributed by atoms with van der Waals surface area (Å²) in [5.41, 5.74) is 5.10. The van der Waals surface area contributed by atoms with E-state index in [2.05, 4.69) is 17.6 Å². The number of carbonyl (C=O) groups is 2. The van der Waals surface area contributed by atoms with Crippen LogP contribution in [0.4, 0.5) is 4.79 Å². The lowest BCUT2D eigenvalue weighted by Crippen LogP contribution is -2.55. The first-order valence-corrected chi connectivity index (χ1v) is 7.63. The van der Waals surface area contributed by atoms with Crippen LogP contribution in [0.3, 0.4) is 0 Å². The number of nitrogens with two attached hydrogens (primary N) is 1. The molecular formula is C14H26N4O2. The third kappa shape index (κ3) is 3.85. The highest BCUT2D eigenvalue weighted by atomic mass is 16.2. The van der Waals surface area contributed by atoms with Crippen molar-refractivity contribution in [2.75, 3.05) is 26.2 Å². The second kappa shape index (κ2) is 6.92. The van der Waals surface area contributed by atoms with Gasteiger partial charge in [-0.05, 0) is 44.1 Å². The fourth-order valence-electron chi connectivity index (χ4n) is 3.25. The molecule has 2 aliphatic heterocycles. The van der Waals surface area contributed by atoms with E-state index in [0.29, 0.717) is 18.4 Å². The number of piperidine rings is 2. The zero-order valence-corrected chi connectivity index (χ0v) is 12.2. The van der Waals surface area contributed by atoms with Gasteiger partial charge in [-0.15, -0.1) is 0 Å². The third-order valence-corrected chi connectivity index (χ3v) is 4.43. The number of nitrogens with zero attached hydrogens (tertiary/aromatic N) is 1. The zero-order chi connectivity index (χ0) is 14.5. The van der Waals surface area contributed by atoms with E-state index >= 15 is 0 Å². The van der Waals surface area contributed by atoms with Gasteiger partial charge in [0.15, 0.2) is 0 Å². The highest BCUT2D eigenvalue weighted by Crippen LogP contribution is 2.21. The van der Waals surface area contributed by atoms with E-state index in [1.54, 1.807) is 0 Å². The first-order chi connectivity index (χ1) is 9.58. The first-order valence-electron chi connectivity index (χ1n) is 7.63. The molecule has 3 unspecified atom stereocenters. The summed E-state index contributed by atoms with van der Waals surface area (Å²) < 4.78 is 0. The number of primary amides is 1. The summed E-state index contributed by atoms with van der Waals surface area (Å²) in [6.45, 7) is 5.19. The maximum Gasteiger partial charge on any atom is 0.312 e. The standard InChI is InChI=1S/C14H26N4O2/c1-10-4-2-6-16-12(10)13(19)18-7-3-5-11(9-18)8-17-14(15)20/h10-12,16H,2-9H2,1H3,(H3,15,17,20). The maximum atomic E-state index is 12.6. The van der Waals surface area contributed by atoms with Gasteiger partial charge in [0, 0.05) is 19.6 Å². The molecule has 2 saturated heterocycles. The summed E-state index contributed by atoms with van der Waals surface area (Å²) in [6, 6.07) is -0.525. The van der Waals surface area contributed by atoms with E-state index < -0.39 is 6.03 Å². The number of amides is 3. The van der Waals surface area contributed by atoms with Crippen molar-refractivity contribution < 1.29 is 9.59 Å². The fourth-order valence-corrected chi connectivity index (χ4v) is 3.25. The van der Waals surface area contributed by atoms with E-state index in [-0.39, 0.29) is 11.9 Å². The molecule has 2 fully saturated rings. The molecule has 2 rings (SSSR count). The van der Waals surface area contributed by atoms with Gasteiger partial charge in [-0.2, -0.15) is 0 Å². The SMILES string of the molecule is CC1CCCNC1C(=O)N1CCCC(CNC(N)=O)C1. The van der Waals surface area contributed by atoms with Crippen LogP contribution >= 0.6 is 0 Å². The number of carbonyl (C=O) groups excluding carboxylic acids is 2. The van der Waals surface area contributed by atoms with Crippen molar-refractivity contribution in [2.24, 2.45) is 17.6 Å². The van der Waals surface area contributed by atoms with E-state index in [4.69, 9.17) is 5.73 Å². The number of nitrogens with one attached hydrogen (secondary N) is 2. The average molecular weight is 282 g/mol. The summed E-state index contributed by atoms with van der Waals surface area (Å²) in [4.78, 5) is 25.3. The summed E-state index contributed by atoms with van der Waals surface area (Å²) in [5, 5.41) is 6.00. The fraction of sp³-hybridized carbons (Fsp3) is 0.857. The Morgan fingerprint density at radius 1 is 1.35 bits per heavy atom. The summed E-state index contributed by atoms with van der Waals surface area (Å²) >= 11 is 0. The quantitative estimate of drug-likeness (QED) is 0.695. The molecule has 114 valence electrons. The molecule has 3 amide bonds. The second-order valence-electron chi connectivity index (χ2n) is 6.09. The second-order valence-corrected chi connectivity index (χ2v) is 6.09.